The first-order chi connectivity index (χ1) is 10.6. The molecule has 0 saturated carbocycles. The van der Waals surface area contributed by atoms with E-state index in [1.807, 2.05) is 12.1 Å². The third-order valence-electron chi connectivity index (χ3n) is 5.23. The van der Waals surface area contributed by atoms with Gasteiger partial charge in [0.1, 0.15) is 11.5 Å². The third kappa shape index (κ3) is 3.19. The van der Waals surface area contributed by atoms with Crippen LogP contribution in [0.1, 0.15) is 63.4 Å². The number of allylic oxidation sites excluding steroid dienone is 4. The SMILES string of the molecule is CC(C)(C)C(C)(C)c1ccc(C(=O)C2=C(O)CCC=C2)c(O)c1. The smallest absolute Gasteiger partial charge is 0.200 e. The minimum absolute atomic E-state index is 0.0118. The van der Waals surface area contributed by atoms with Gasteiger partial charge < -0.3 is 10.2 Å². The molecule has 1 aromatic carbocycles. The molecule has 1 aliphatic rings. The number of aromatic hydroxyl groups is 1. The Morgan fingerprint density at radius 2 is 1.74 bits per heavy atom. The normalized spacial score (nSPS) is 15.9. The predicted octanol–water partition coefficient (Wildman–Crippen LogP) is 5.06. The van der Waals surface area contributed by atoms with Crippen LogP contribution in [-0.4, -0.2) is 16.0 Å². The number of ketones is 1. The van der Waals surface area contributed by atoms with Crippen molar-refractivity contribution in [1.29, 1.82) is 0 Å². The number of phenolic OH excluding ortho intramolecular Hbond substituents is 1. The van der Waals surface area contributed by atoms with Crippen molar-refractivity contribution in [2.75, 3.05) is 0 Å². The Kier molecular flexibility index (Phi) is 4.43. The second-order valence-corrected chi connectivity index (χ2v) is 7.74. The molecule has 0 radical (unpaired) electrons. The van der Waals surface area contributed by atoms with E-state index in [1.54, 1.807) is 18.2 Å². The first-order valence-electron chi connectivity index (χ1n) is 8.02. The first-order valence-corrected chi connectivity index (χ1v) is 8.02. The van der Waals surface area contributed by atoms with Crippen LogP contribution in [0.15, 0.2) is 41.7 Å². The maximum atomic E-state index is 12.6. The highest BCUT2D eigenvalue weighted by atomic mass is 16.3. The van der Waals surface area contributed by atoms with Crippen molar-refractivity contribution >= 4 is 5.78 Å². The molecule has 0 bridgehead atoms. The van der Waals surface area contributed by atoms with Crippen LogP contribution in [0.4, 0.5) is 0 Å². The van der Waals surface area contributed by atoms with Gasteiger partial charge in [-0.3, -0.25) is 4.79 Å². The van der Waals surface area contributed by atoms with Gasteiger partial charge in [0.25, 0.3) is 0 Å². The van der Waals surface area contributed by atoms with Gasteiger partial charge in [0.15, 0.2) is 5.78 Å². The molecule has 0 heterocycles. The van der Waals surface area contributed by atoms with Gasteiger partial charge in [-0.1, -0.05) is 52.8 Å². The van der Waals surface area contributed by atoms with Crippen molar-refractivity contribution in [3.8, 4) is 5.75 Å². The third-order valence-corrected chi connectivity index (χ3v) is 5.23. The number of phenols is 1. The van der Waals surface area contributed by atoms with E-state index in [-0.39, 0.29) is 39.3 Å². The molecule has 1 aromatic rings. The van der Waals surface area contributed by atoms with Crippen LogP contribution in [0.2, 0.25) is 0 Å². The Morgan fingerprint density at radius 1 is 1.09 bits per heavy atom. The zero-order chi connectivity index (χ0) is 17.4. The molecule has 3 nitrogen and oxygen atoms in total. The van der Waals surface area contributed by atoms with Gasteiger partial charge >= 0.3 is 0 Å². The molecule has 0 fully saturated rings. The highest BCUT2D eigenvalue weighted by molar-refractivity contribution is 6.12. The average Bonchev–Trinajstić information content (AvgIpc) is 2.45. The molecule has 0 aromatic heterocycles. The Labute approximate surface area is 138 Å². The molecular formula is C20H26O3. The molecule has 3 heteroatoms. The average molecular weight is 314 g/mol. The molecule has 0 unspecified atom stereocenters. The lowest BCUT2D eigenvalue weighted by Crippen LogP contribution is -2.33. The van der Waals surface area contributed by atoms with Gasteiger partial charge in [0.05, 0.1) is 11.1 Å². The van der Waals surface area contributed by atoms with Crippen LogP contribution in [0.25, 0.3) is 0 Å². The van der Waals surface area contributed by atoms with Crippen LogP contribution in [-0.2, 0) is 5.41 Å². The fourth-order valence-corrected chi connectivity index (χ4v) is 2.55. The summed E-state index contributed by atoms with van der Waals surface area (Å²) >= 11 is 0. The number of carbonyl (C=O) groups is 1. The van der Waals surface area contributed by atoms with Gasteiger partial charge in [-0.25, -0.2) is 0 Å². The fourth-order valence-electron chi connectivity index (χ4n) is 2.55. The molecule has 2 rings (SSSR count). The van der Waals surface area contributed by atoms with Crippen molar-refractivity contribution in [3.63, 3.8) is 0 Å². The van der Waals surface area contributed by atoms with Crippen LogP contribution < -0.4 is 0 Å². The largest absolute Gasteiger partial charge is 0.512 e. The van der Waals surface area contributed by atoms with E-state index in [0.29, 0.717) is 6.42 Å². The second-order valence-electron chi connectivity index (χ2n) is 7.74. The molecule has 0 aliphatic heterocycles. The van der Waals surface area contributed by atoms with Crippen molar-refractivity contribution in [1.82, 2.24) is 0 Å². The second kappa shape index (κ2) is 5.88. The topological polar surface area (TPSA) is 57.5 Å². The van der Waals surface area contributed by atoms with Crippen molar-refractivity contribution in [2.45, 2.75) is 52.9 Å². The zero-order valence-electron chi connectivity index (χ0n) is 14.6. The summed E-state index contributed by atoms with van der Waals surface area (Å²) in [7, 11) is 0. The summed E-state index contributed by atoms with van der Waals surface area (Å²) in [6, 6.07) is 5.22. The molecule has 124 valence electrons. The van der Waals surface area contributed by atoms with Crippen LogP contribution in [0, 0.1) is 5.41 Å². The van der Waals surface area contributed by atoms with E-state index in [9.17, 15) is 15.0 Å². The Hall–Kier alpha value is -2.03. The van der Waals surface area contributed by atoms with E-state index in [2.05, 4.69) is 34.6 Å². The van der Waals surface area contributed by atoms with Gasteiger partial charge in [0.2, 0.25) is 0 Å². The summed E-state index contributed by atoms with van der Waals surface area (Å²) in [6.07, 6.45) is 4.69. The standard InChI is InChI=1S/C20H26O3/c1-19(2,3)20(4,5)13-10-11-15(17(22)12-13)18(23)14-8-6-7-9-16(14)21/h6,8,10-12,21-22H,7,9H2,1-5H3. The maximum absolute atomic E-state index is 12.6. The molecule has 0 atom stereocenters. The lowest BCUT2D eigenvalue weighted by molar-refractivity contribution is 0.103. The summed E-state index contributed by atoms with van der Waals surface area (Å²) in [5, 5.41) is 20.3. The van der Waals surface area contributed by atoms with E-state index < -0.39 is 0 Å². The van der Waals surface area contributed by atoms with Crippen molar-refractivity contribution in [3.05, 3.63) is 52.8 Å². The summed E-state index contributed by atoms with van der Waals surface area (Å²) in [6.45, 7) is 10.7. The van der Waals surface area contributed by atoms with E-state index in [4.69, 9.17) is 0 Å². The molecule has 0 spiro atoms. The molecular weight excluding hydrogens is 288 g/mol. The summed E-state index contributed by atoms with van der Waals surface area (Å²) < 4.78 is 0. The zero-order valence-corrected chi connectivity index (χ0v) is 14.6. The van der Waals surface area contributed by atoms with Crippen LogP contribution >= 0.6 is 0 Å². The number of hydrogen-bond donors (Lipinski definition) is 2. The lowest BCUT2D eigenvalue weighted by Gasteiger charge is -2.39. The number of hydrogen-bond acceptors (Lipinski definition) is 3. The van der Waals surface area contributed by atoms with E-state index in [0.717, 1.165) is 12.0 Å². The molecule has 0 amide bonds. The minimum atomic E-state index is -0.337. The van der Waals surface area contributed by atoms with Crippen LogP contribution in [0.5, 0.6) is 5.75 Å². The van der Waals surface area contributed by atoms with Crippen molar-refractivity contribution in [2.24, 2.45) is 5.41 Å². The number of Topliss-reactive ketones (excluding diaryl/α,β-unsaturated/α-hetero) is 1. The Bertz CT molecular complexity index is 685. The van der Waals surface area contributed by atoms with Gasteiger partial charge in [-0.15, -0.1) is 0 Å². The monoisotopic (exact) mass is 314 g/mol. The fraction of sp³-hybridized carbons (Fsp3) is 0.450. The summed E-state index contributed by atoms with van der Waals surface area (Å²) in [5.74, 6) is -0.281. The number of rotatable bonds is 3. The molecule has 2 N–H and O–H groups in total. The highest BCUT2D eigenvalue weighted by Gasteiger charge is 2.35. The van der Waals surface area contributed by atoms with Crippen molar-refractivity contribution < 1.29 is 15.0 Å². The quantitative estimate of drug-likeness (QED) is 0.767. The van der Waals surface area contributed by atoms with Gasteiger partial charge in [0, 0.05) is 6.42 Å². The Balaban J connectivity index is 2.41. The van der Waals surface area contributed by atoms with E-state index >= 15 is 0 Å². The van der Waals surface area contributed by atoms with Crippen LogP contribution in [0.3, 0.4) is 0 Å². The number of aliphatic hydroxyl groups excluding tert-OH is 1. The molecule has 1 aliphatic carbocycles. The first kappa shape index (κ1) is 17.3. The number of aliphatic hydroxyl groups is 1. The van der Waals surface area contributed by atoms with Gasteiger partial charge in [-0.05, 0) is 34.9 Å². The Morgan fingerprint density at radius 3 is 2.26 bits per heavy atom. The molecule has 0 saturated heterocycles. The maximum Gasteiger partial charge on any atom is 0.200 e. The number of benzene rings is 1. The minimum Gasteiger partial charge on any atom is -0.512 e. The summed E-state index contributed by atoms with van der Waals surface area (Å²) in [4.78, 5) is 12.6. The van der Waals surface area contributed by atoms with Gasteiger partial charge in [-0.2, -0.15) is 0 Å². The predicted molar refractivity (Wildman–Crippen MR) is 92.9 cm³/mol. The summed E-state index contributed by atoms with van der Waals surface area (Å²) in [5.41, 5.74) is 1.34. The van der Waals surface area contributed by atoms with E-state index in [1.165, 1.54) is 0 Å². The molecule has 23 heavy (non-hydrogen) atoms. The number of carbonyl (C=O) groups excluding carboxylic acids is 1. The lowest BCUT2D eigenvalue weighted by atomic mass is 9.65. The highest BCUT2D eigenvalue weighted by Crippen LogP contribution is 2.42.